The Hall–Kier alpha value is -2.57. The molecule has 0 bridgehead atoms. The summed E-state index contributed by atoms with van der Waals surface area (Å²) in [6, 6.07) is 7.52. The lowest BCUT2D eigenvalue weighted by molar-refractivity contribution is 0.380. The molecule has 0 fully saturated rings. The van der Waals surface area contributed by atoms with Crippen molar-refractivity contribution in [1.82, 2.24) is 15.0 Å². The molecule has 18 heavy (non-hydrogen) atoms. The molecule has 0 aliphatic carbocycles. The zero-order valence-corrected chi connectivity index (χ0v) is 10.0. The number of nitrogen functional groups attached to an aromatic ring is 1. The summed E-state index contributed by atoms with van der Waals surface area (Å²) < 4.78 is 10.0. The maximum absolute atomic E-state index is 5.54. The summed E-state index contributed by atoms with van der Waals surface area (Å²) in [5.41, 5.74) is 6.32. The predicted octanol–water partition coefficient (Wildman–Crippen LogP) is 1.21. The molecule has 7 heteroatoms. The number of methoxy groups -OCH3 is 2. The van der Waals surface area contributed by atoms with E-state index in [0.717, 1.165) is 11.4 Å². The van der Waals surface area contributed by atoms with Crippen LogP contribution < -0.4 is 20.5 Å². The van der Waals surface area contributed by atoms with Crippen LogP contribution in [0.4, 0.5) is 17.6 Å². The van der Waals surface area contributed by atoms with Crippen molar-refractivity contribution in [2.45, 2.75) is 0 Å². The van der Waals surface area contributed by atoms with Gasteiger partial charge in [0.05, 0.1) is 14.2 Å². The summed E-state index contributed by atoms with van der Waals surface area (Å²) in [6.07, 6.45) is 0. The van der Waals surface area contributed by atoms with Crippen LogP contribution in [0, 0.1) is 0 Å². The Bertz CT molecular complexity index is 547. The van der Waals surface area contributed by atoms with Crippen molar-refractivity contribution in [3.8, 4) is 11.8 Å². The number of hydrogen-bond acceptors (Lipinski definition) is 7. The highest BCUT2D eigenvalue weighted by Crippen LogP contribution is 2.20. The van der Waals surface area contributed by atoms with E-state index in [1.165, 1.54) is 7.11 Å². The summed E-state index contributed by atoms with van der Waals surface area (Å²) in [7, 11) is 3.06. The van der Waals surface area contributed by atoms with Gasteiger partial charge in [-0.3, -0.25) is 0 Å². The molecule has 3 N–H and O–H groups in total. The Labute approximate surface area is 104 Å². The Morgan fingerprint density at radius 2 is 1.94 bits per heavy atom. The quantitative estimate of drug-likeness (QED) is 0.838. The van der Waals surface area contributed by atoms with Gasteiger partial charge in [-0.1, -0.05) is 6.07 Å². The Morgan fingerprint density at radius 1 is 1.11 bits per heavy atom. The molecule has 0 radical (unpaired) electrons. The number of nitrogens with zero attached hydrogens (tertiary/aromatic N) is 3. The summed E-state index contributed by atoms with van der Waals surface area (Å²) >= 11 is 0. The Morgan fingerprint density at radius 3 is 2.67 bits per heavy atom. The zero-order valence-electron chi connectivity index (χ0n) is 10.0. The summed E-state index contributed by atoms with van der Waals surface area (Å²) in [5.74, 6) is 1.13. The first-order valence-electron chi connectivity index (χ1n) is 5.18. The highest BCUT2D eigenvalue weighted by Gasteiger charge is 2.05. The standard InChI is InChI=1S/C11H13N5O2/c1-17-8-5-3-4-7(6-8)13-10-14-9(12)15-11(16-10)18-2/h3-6H,1-2H3,(H3,12,13,14,15,16). The van der Waals surface area contributed by atoms with Crippen LogP contribution in [0.1, 0.15) is 0 Å². The van der Waals surface area contributed by atoms with E-state index >= 15 is 0 Å². The van der Waals surface area contributed by atoms with Crippen LogP contribution >= 0.6 is 0 Å². The van der Waals surface area contributed by atoms with Gasteiger partial charge in [0.25, 0.3) is 0 Å². The molecule has 0 saturated heterocycles. The molecule has 1 aromatic heterocycles. The largest absolute Gasteiger partial charge is 0.497 e. The van der Waals surface area contributed by atoms with Gasteiger partial charge in [0, 0.05) is 11.8 Å². The molecule has 0 atom stereocenters. The van der Waals surface area contributed by atoms with E-state index in [2.05, 4.69) is 20.3 Å². The van der Waals surface area contributed by atoms with E-state index in [9.17, 15) is 0 Å². The van der Waals surface area contributed by atoms with Crippen molar-refractivity contribution in [2.24, 2.45) is 0 Å². The lowest BCUT2D eigenvalue weighted by Crippen LogP contribution is -2.05. The van der Waals surface area contributed by atoms with Crippen molar-refractivity contribution >= 4 is 17.6 Å². The van der Waals surface area contributed by atoms with E-state index in [1.54, 1.807) is 7.11 Å². The van der Waals surface area contributed by atoms with Crippen molar-refractivity contribution < 1.29 is 9.47 Å². The van der Waals surface area contributed by atoms with E-state index in [4.69, 9.17) is 15.2 Å². The minimum Gasteiger partial charge on any atom is -0.497 e. The highest BCUT2D eigenvalue weighted by molar-refractivity contribution is 5.56. The number of ether oxygens (including phenoxy) is 2. The number of nitrogens with one attached hydrogen (secondary N) is 1. The summed E-state index contributed by atoms with van der Waals surface area (Å²) in [4.78, 5) is 11.8. The average molecular weight is 247 g/mol. The minimum absolute atomic E-state index is 0.0900. The van der Waals surface area contributed by atoms with Gasteiger partial charge in [0.15, 0.2) is 0 Å². The molecule has 0 aliphatic rings. The number of rotatable bonds is 4. The molecule has 1 heterocycles. The van der Waals surface area contributed by atoms with Crippen LogP contribution in [-0.4, -0.2) is 29.2 Å². The van der Waals surface area contributed by atoms with Gasteiger partial charge in [0.2, 0.25) is 11.9 Å². The van der Waals surface area contributed by atoms with Crippen LogP contribution in [-0.2, 0) is 0 Å². The maximum Gasteiger partial charge on any atom is 0.322 e. The third-order valence-electron chi connectivity index (χ3n) is 2.14. The Balaban J connectivity index is 2.24. The van der Waals surface area contributed by atoms with Gasteiger partial charge < -0.3 is 20.5 Å². The number of benzene rings is 1. The summed E-state index contributed by atoms with van der Waals surface area (Å²) in [5, 5.41) is 2.99. The van der Waals surface area contributed by atoms with Crippen molar-refractivity contribution in [2.75, 3.05) is 25.3 Å². The fourth-order valence-corrected chi connectivity index (χ4v) is 1.35. The third-order valence-corrected chi connectivity index (χ3v) is 2.14. The monoisotopic (exact) mass is 247 g/mol. The van der Waals surface area contributed by atoms with Gasteiger partial charge in [-0.2, -0.15) is 15.0 Å². The van der Waals surface area contributed by atoms with E-state index in [0.29, 0.717) is 5.95 Å². The molecule has 7 nitrogen and oxygen atoms in total. The van der Waals surface area contributed by atoms with Crippen molar-refractivity contribution in [3.63, 3.8) is 0 Å². The highest BCUT2D eigenvalue weighted by atomic mass is 16.5. The predicted molar refractivity (Wildman–Crippen MR) is 67.1 cm³/mol. The second kappa shape index (κ2) is 5.17. The number of aromatic nitrogens is 3. The fraction of sp³-hybridized carbons (Fsp3) is 0.182. The average Bonchev–Trinajstić information content (AvgIpc) is 2.38. The number of nitrogens with two attached hydrogens (primary N) is 1. The van der Waals surface area contributed by atoms with Crippen molar-refractivity contribution in [3.05, 3.63) is 24.3 Å². The molecule has 2 rings (SSSR count). The fourth-order valence-electron chi connectivity index (χ4n) is 1.35. The number of anilines is 3. The minimum atomic E-state index is 0.0900. The maximum atomic E-state index is 5.54. The first kappa shape index (κ1) is 11.9. The molecule has 0 unspecified atom stereocenters. The van der Waals surface area contributed by atoms with Crippen LogP contribution in [0.15, 0.2) is 24.3 Å². The smallest absolute Gasteiger partial charge is 0.322 e. The topological polar surface area (TPSA) is 95.2 Å². The second-order valence-corrected chi connectivity index (χ2v) is 3.36. The molecule has 0 spiro atoms. The molecule has 0 aliphatic heterocycles. The molecule has 0 saturated carbocycles. The SMILES string of the molecule is COc1cccc(Nc2nc(N)nc(OC)n2)c1. The molecule has 0 amide bonds. The van der Waals surface area contributed by atoms with Gasteiger partial charge in [0.1, 0.15) is 5.75 Å². The first-order valence-corrected chi connectivity index (χ1v) is 5.18. The molecular formula is C11H13N5O2. The van der Waals surface area contributed by atoms with Crippen LogP contribution in [0.25, 0.3) is 0 Å². The zero-order chi connectivity index (χ0) is 13.0. The molecule has 1 aromatic carbocycles. The van der Waals surface area contributed by atoms with Crippen LogP contribution in [0.5, 0.6) is 11.8 Å². The molecular weight excluding hydrogens is 234 g/mol. The van der Waals surface area contributed by atoms with Gasteiger partial charge in [-0.05, 0) is 12.1 Å². The van der Waals surface area contributed by atoms with E-state index < -0.39 is 0 Å². The Kier molecular flexibility index (Phi) is 3.42. The number of hydrogen-bond donors (Lipinski definition) is 2. The van der Waals surface area contributed by atoms with Crippen molar-refractivity contribution in [1.29, 1.82) is 0 Å². The third kappa shape index (κ3) is 2.76. The summed E-state index contributed by atoms with van der Waals surface area (Å²) in [6.45, 7) is 0. The van der Waals surface area contributed by atoms with Gasteiger partial charge >= 0.3 is 6.01 Å². The van der Waals surface area contributed by atoms with Gasteiger partial charge in [-0.25, -0.2) is 0 Å². The second-order valence-electron chi connectivity index (χ2n) is 3.36. The lowest BCUT2D eigenvalue weighted by Gasteiger charge is -2.07. The molecule has 2 aromatic rings. The van der Waals surface area contributed by atoms with Crippen LogP contribution in [0.2, 0.25) is 0 Å². The first-order chi connectivity index (χ1) is 8.71. The lowest BCUT2D eigenvalue weighted by atomic mass is 10.3. The van der Waals surface area contributed by atoms with Gasteiger partial charge in [-0.15, -0.1) is 0 Å². The van der Waals surface area contributed by atoms with E-state index in [-0.39, 0.29) is 12.0 Å². The normalized spacial score (nSPS) is 9.89. The van der Waals surface area contributed by atoms with E-state index in [1.807, 2.05) is 24.3 Å². The molecule has 94 valence electrons. The van der Waals surface area contributed by atoms with Crippen LogP contribution in [0.3, 0.4) is 0 Å².